The number of rotatable bonds is 2. The molecule has 0 radical (unpaired) electrons. The molecule has 0 aromatic carbocycles. The summed E-state index contributed by atoms with van der Waals surface area (Å²) in [6.07, 6.45) is 3.84. The van der Waals surface area contributed by atoms with Gasteiger partial charge in [0.15, 0.2) is 0 Å². The maximum Gasteiger partial charge on any atom is 0.0919 e. The highest BCUT2D eigenvalue weighted by Gasteiger charge is 1.78. The predicted molar refractivity (Wildman–Crippen MR) is 31.2 cm³/mol. The van der Waals surface area contributed by atoms with Gasteiger partial charge in [-0.2, -0.15) is 0 Å². The molecule has 7 heavy (non-hydrogen) atoms. The predicted octanol–water partition coefficient (Wildman–Crippen LogP) is 2.02. The number of hydrogen-bond donors (Lipinski definition) is 1. The molecule has 0 bridgehead atoms. The van der Waals surface area contributed by atoms with Crippen LogP contribution in [0.2, 0.25) is 0 Å². The Hall–Kier alpha value is -0.720. The Bertz CT molecular complexity index is 82.2. The van der Waals surface area contributed by atoms with Crippen molar-refractivity contribution in [2.75, 3.05) is 0 Å². The maximum atomic E-state index is 8.65. The van der Waals surface area contributed by atoms with Crippen molar-refractivity contribution in [3.63, 3.8) is 0 Å². The van der Waals surface area contributed by atoms with E-state index in [4.69, 9.17) is 5.11 Å². The van der Waals surface area contributed by atoms with E-state index in [2.05, 4.69) is 6.58 Å². The second-order valence-corrected chi connectivity index (χ2v) is 1.25. The highest BCUT2D eigenvalue weighted by atomic mass is 16.3. The Balaban J connectivity index is 3.49. The Kier molecular flexibility index (Phi) is 3.11. The Labute approximate surface area is 44.0 Å². The van der Waals surface area contributed by atoms with Gasteiger partial charge in [0.2, 0.25) is 0 Å². The van der Waals surface area contributed by atoms with Gasteiger partial charge < -0.3 is 5.11 Å². The third-order valence-corrected chi connectivity index (χ3v) is 0.672. The van der Waals surface area contributed by atoms with Gasteiger partial charge in [-0.3, -0.25) is 0 Å². The van der Waals surface area contributed by atoms with Crippen LogP contribution in [0.25, 0.3) is 0 Å². The van der Waals surface area contributed by atoms with E-state index in [0.29, 0.717) is 12.2 Å². The summed E-state index contributed by atoms with van der Waals surface area (Å²) in [5, 5.41) is 8.65. The van der Waals surface area contributed by atoms with Gasteiger partial charge in [-0.1, -0.05) is 19.6 Å². The summed E-state index contributed by atoms with van der Waals surface area (Å²) in [6.45, 7) is 5.30. The van der Waals surface area contributed by atoms with Crippen LogP contribution in [0.3, 0.4) is 0 Å². The van der Waals surface area contributed by atoms with Gasteiger partial charge in [-0.05, 0) is 6.08 Å². The lowest BCUT2D eigenvalue weighted by Crippen LogP contribution is -1.71. The quantitative estimate of drug-likeness (QED) is 0.414. The molecule has 0 fully saturated rings. The van der Waals surface area contributed by atoms with Crippen LogP contribution in [0.1, 0.15) is 13.3 Å². The van der Waals surface area contributed by atoms with Gasteiger partial charge >= 0.3 is 0 Å². The fraction of sp³-hybridized carbons (Fsp3) is 0.333. The minimum Gasteiger partial charge on any atom is -0.512 e. The summed E-state index contributed by atoms with van der Waals surface area (Å²) >= 11 is 0. The fourth-order valence-electron chi connectivity index (χ4n) is 0.254. The SMILES string of the molecule is C=C/C=C(/O)CC. The second kappa shape index (κ2) is 3.47. The topological polar surface area (TPSA) is 20.2 Å². The van der Waals surface area contributed by atoms with Crippen LogP contribution in [-0.2, 0) is 0 Å². The van der Waals surface area contributed by atoms with Crippen LogP contribution < -0.4 is 0 Å². The minimum atomic E-state index is 0.384. The van der Waals surface area contributed by atoms with Gasteiger partial charge in [0.25, 0.3) is 0 Å². The number of allylic oxidation sites excluding steroid dienone is 3. The lowest BCUT2D eigenvalue weighted by Gasteiger charge is -1.85. The van der Waals surface area contributed by atoms with Crippen LogP contribution in [0.15, 0.2) is 24.5 Å². The van der Waals surface area contributed by atoms with E-state index in [9.17, 15) is 0 Å². The lowest BCUT2D eigenvalue weighted by molar-refractivity contribution is 0.395. The molecule has 0 unspecified atom stereocenters. The van der Waals surface area contributed by atoms with Gasteiger partial charge in [0.1, 0.15) is 0 Å². The summed E-state index contributed by atoms with van der Waals surface area (Å²) in [4.78, 5) is 0. The van der Waals surface area contributed by atoms with E-state index in [1.165, 1.54) is 0 Å². The first-order valence-corrected chi connectivity index (χ1v) is 2.31. The summed E-state index contributed by atoms with van der Waals surface area (Å²) in [7, 11) is 0. The van der Waals surface area contributed by atoms with E-state index in [0.717, 1.165) is 0 Å². The highest BCUT2D eigenvalue weighted by Crippen LogP contribution is 1.91. The summed E-state index contributed by atoms with van der Waals surface area (Å²) in [5.74, 6) is 0.384. The van der Waals surface area contributed by atoms with Crippen LogP contribution in [-0.4, -0.2) is 5.11 Å². The molecule has 0 aliphatic heterocycles. The summed E-state index contributed by atoms with van der Waals surface area (Å²) < 4.78 is 0. The third kappa shape index (κ3) is 3.10. The summed E-state index contributed by atoms with van der Waals surface area (Å²) in [6, 6.07) is 0. The molecule has 0 saturated carbocycles. The van der Waals surface area contributed by atoms with E-state index in [1.807, 2.05) is 6.92 Å². The van der Waals surface area contributed by atoms with Crippen molar-refractivity contribution < 1.29 is 5.11 Å². The smallest absolute Gasteiger partial charge is 0.0919 e. The zero-order valence-corrected chi connectivity index (χ0v) is 4.52. The van der Waals surface area contributed by atoms with Gasteiger partial charge in [0, 0.05) is 6.42 Å². The van der Waals surface area contributed by atoms with Crippen LogP contribution >= 0.6 is 0 Å². The van der Waals surface area contributed by atoms with E-state index >= 15 is 0 Å². The molecule has 0 saturated heterocycles. The number of aliphatic hydroxyl groups is 1. The molecule has 0 heterocycles. The number of aliphatic hydroxyl groups excluding tert-OH is 1. The van der Waals surface area contributed by atoms with Crippen molar-refractivity contribution in [3.8, 4) is 0 Å². The zero-order chi connectivity index (χ0) is 5.70. The van der Waals surface area contributed by atoms with Crippen molar-refractivity contribution in [2.24, 2.45) is 0 Å². The molecule has 0 spiro atoms. The standard InChI is InChI=1S/C6H10O/c1-3-5-6(7)4-2/h3,5,7H,1,4H2,2H3/b6-5+. The molecule has 0 aliphatic carbocycles. The molecule has 1 nitrogen and oxygen atoms in total. The largest absolute Gasteiger partial charge is 0.512 e. The molecule has 1 N–H and O–H groups in total. The Morgan fingerprint density at radius 3 is 2.57 bits per heavy atom. The van der Waals surface area contributed by atoms with Crippen LogP contribution in [0.4, 0.5) is 0 Å². The van der Waals surface area contributed by atoms with Crippen molar-refractivity contribution in [1.29, 1.82) is 0 Å². The monoisotopic (exact) mass is 98.1 g/mol. The molecule has 0 aromatic rings. The molecular weight excluding hydrogens is 88.1 g/mol. The van der Waals surface area contributed by atoms with Crippen molar-refractivity contribution in [3.05, 3.63) is 24.5 Å². The molecule has 0 aromatic heterocycles. The van der Waals surface area contributed by atoms with Crippen LogP contribution in [0.5, 0.6) is 0 Å². The summed E-state index contributed by atoms with van der Waals surface area (Å²) in [5.41, 5.74) is 0. The molecule has 0 rings (SSSR count). The normalized spacial score (nSPS) is 11.3. The fourth-order valence-corrected chi connectivity index (χ4v) is 0.254. The highest BCUT2D eigenvalue weighted by molar-refractivity contribution is 5.01. The van der Waals surface area contributed by atoms with Crippen molar-refractivity contribution >= 4 is 0 Å². The van der Waals surface area contributed by atoms with E-state index in [-0.39, 0.29) is 0 Å². The average Bonchev–Trinajstić information content (AvgIpc) is 1.68. The Morgan fingerprint density at radius 2 is 2.43 bits per heavy atom. The molecule has 0 aliphatic rings. The van der Waals surface area contributed by atoms with Crippen molar-refractivity contribution in [2.45, 2.75) is 13.3 Å². The molecular formula is C6H10O. The minimum absolute atomic E-state index is 0.384. The maximum absolute atomic E-state index is 8.65. The van der Waals surface area contributed by atoms with Crippen LogP contribution in [0, 0.1) is 0 Å². The zero-order valence-electron chi connectivity index (χ0n) is 4.52. The molecule has 40 valence electrons. The van der Waals surface area contributed by atoms with E-state index < -0.39 is 0 Å². The van der Waals surface area contributed by atoms with Gasteiger partial charge in [-0.25, -0.2) is 0 Å². The van der Waals surface area contributed by atoms with Gasteiger partial charge in [0.05, 0.1) is 5.76 Å². The Morgan fingerprint density at radius 1 is 1.86 bits per heavy atom. The average molecular weight is 98.1 g/mol. The molecule has 0 atom stereocenters. The third-order valence-electron chi connectivity index (χ3n) is 0.672. The first-order valence-electron chi connectivity index (χ1n) is 2.31. The van der Waals surface area contributed by atoms with E-state index in [1.54, 1.807) is 12.2 Å². The van der Waals surface area contributed by atoms with Crippen molar-refractivity contribution in [1.82, 2.24) is 0 Å². The second-order valence-electron chi connectivity index (χ2n) is 1.25. The molecule has 0 amide bonds. The number of hydrogen-bond acceptors (Lipinski definition) is 1. The van der Waals surface area contributed by atoms with Gasteiger partial charge in [-0.15, -0.1) is 0 Å². The lowest BCUT2D eigenvalue weighted by atomic mass is 10.4. The first kappa shape index (κ1) is 6.28. The molecule has 1 heteroatoms. The first-order chi connectivity index (χ1) is 3.31.